The van der Waals surface area contributed by atoms with Crippen molar-refractivity contribution in [2.45, 2.75) is 37.4 Å². The van der Waals surface area contributed by atoms with Gasteiger partial charge in [0.2, 0.25) is 0 Å². The molecule has 0 aromatic carbocycles. The van der Waals surface area contributed by atoms with E-state index in [0.29, 0.717) is 5.92 Å². The molecule has 100 valence electrons. The summed E-state index contributed by atoms with van der Waals surface area (Å²) in [4.78, 5) is 10.6. The van der Waals surface area contributed by atoms with Crippen molar-refractivity contribution >= 4 is 29.5 Å². The standard InChI is InChI=1S/C11H17N3O2S2/c1-7(2)14-10(8-3-4-17-5-8)12-13-11(14)18-6-9(15)16/h7-8H,3-6H2,1-2H3,(H,15,16). The molecule has 7 heteroatoms. The Balaban J connectivity index is 2.22. The van der Waals surface area contributed by atoms with E-state index in [0.717, 1.165) is 23.2 Å². The molecule has 1 N–H and O–H groups in total. The molecule has 18 heavy (non-hydrogen) atoms. The molecule has 1 unspecified atom stereocenters. The zero-order valence-corrected chi connectivity index (χ0v) is 12.1. The third kappa shape index (κ3) is 3.00. The van der Waals surface area contributed by atoms with Crippen LogP contribution < -0.4 is 0 Å². The normalized spacial score (nSPS) is 19.6. The van der Waals surface area contributed by atoms with E-state index in [2.05, 4.69) is 28.6 Å². The molecule has 0 aliphatic carbocycles. The van der Waals surface area contributed by atoms with Gasteiger partial charge >= 0.3 is 5.97 Å². The van der Waals surface area contributed by atoms with Gasteiger partial charge in [0.25, 0.3) is 0 Å². The molecule has 1 aromatic rings. The molecule has 1 saturated heterocycles. The molecular formula is C11H17N3O2S2. The second kappa shape index (κ2) is 5.97. The van der Waals surface area contributed by atoms with E-state index in [9.17, 15) is 4.79 Å². The Morgan fingerprint density at radius 1 is 1.61 bits per heavy atom. The third-order valence-corrected chi connectivity index (χ3v) is 4.92. The van der Waals surface area contributed by atoms with Gasteiger partial charge in [-0.25, -0.2) is 0 Å². The Labute approximate surface area is 115 Å². The lowest BCUT2D eigenvalue weighted by Crippen LogP contribution is -2.12. The maximum atomic E-state index is 10.6. The molecule has 1 fully saturated rings. The summed E-state index contributed by atoms with van der Waals surface area (Å²) in [5.41, 5.74) is 0. The number of aromatic nitrogens is 3. The van der Waals surface area contributed by atoms with Gasteiger partial charge in [0.15, 0.2) is 5.16 Å². The molecule has 0 bridgehead atoms. The first-order chi connectivity index (χ1) is 8.59. The predicted molar refractivity (Wildman–Crippen MR) is 73.4 cm³/mol. The van der Waals surface area contributed by atoms with Gasteiger partial charge in [0, 0.05) is 17.7 Å². The second-order valence-corrected chi connectivity index (χ2v) is 6.64. The maximum absolute atomic E-state index is 10.6. The van der Waals surface area contributed by atoms with Gasteiger partial charge in [0.05, 0.1) is 5.75 Å². The van der Waals surface area contributed by atoms with Crippen molar-refractivity contribution in [3.8, 4) is 0 Å². The van der Waals surface area contributed by atoms with E-state index in [1.165, 1.54) is 17.5 Å². The number of hydrogen-bond acceptors (Lipinski definition) is 5. The lowest BCUT2D eigenvalue weighted by atomic mass is 10.1. The SMILES string of the molecule is CC(C)n1c(SCC(=O)O)nnc1C1CCSC1. The minimum atomic E-state index is -0.823. The molecule has 1 aliphatic heterocycles. The summed E-state index contributed by atoms with van der Waals surface area (Å²) in [6.07, 6.45) is 1.14. The lowest BCUT2D eigenvalue weighted by Gasteiger charge is -2.16. The fraction of sp³-hybridized carbons (Fsp3) is 0.727. The fourth-order valence-corrected chi connectivity index (χ4v) is 4.03. The summed E-state index contributed by atoms with van der Waals surface area (Å²) in [5.74, 6) is 2.95. The van der Waals surface area contributed by atoms with Crippen molar-refractivity contribution < 1.29 is 9.90 Å². The summed E-state index contributed by atoms with van der Waals surface area (Å²) >= 11 is 3.19. The second-order valence-electron chi connectivity index (χ2n) is 4.55. The van der Waals surface area contributed by atoms with Gasteiger partial charge in [-0.05, 0) is 26.0 Å². The van der Waals surface area contributed by atoms with E-state index in [4.69, 9.17) is 5.11 Å². The van der Waals surface area contributed by atoms with Crippen LogP contribution in [-0.4, -0.2) is 43.1 Å². The van der Waals surface area contributed by atoms with E-state index >= 15 is 0 Å². The summed E-state index contributed by atoms with van der Waals surface area (Å²) in [7, 11) is 0. The quantitative estimate of drug-likeness (QED) is 0.838. The average molecular weight is 287 g/mol. The molecule has 0 saturated carbocycles. The first kappa shape index (κ1) is 13.7. The number of carboxylic acid groups (broad SMARTS) is 1. The molecule has 0 radical (unpaired) electrons. The lowest BCUT2D eigenvalue weighted by molar-refractivity contribution is -0.133. The van der Waals surface area contributed by atoms with Crippen LogP contribution in [0.4, 0.5) is 0 Å². The van der Waals surface area contributed by atoms with Crippen molar-refractivity contribution in [3.63, 3.8) is 0 Å². The molecule has 0 amide bonds. The van der Waals surface area contributed by atoms with Crippen LogP contribution in [0.1, 0.15) is 38.1 Å². The molecule has 2 rings (SSSR count). The predicted octanol–water partition coefficient (Wildman–Crippen LogP) is 2.26. The number of carboxylic acids is 1. The smallest absolute Gasteiger partial charge is 0.313 e. The monoisotopic (exact) mass is 287 g/mol. The number of hydrogen-bond donors (Lipinski definition) is 1. The minimum absolute atomic E-state index is 0.0320. The van der Waals surface area contributed by atoms with Gasteiger partial charge in [-0.1, -0.05) is 11.8 Å². The Bertz CT molecular complexity index is 428. The Kier molecular flexibility index (Phi) is 4.55. The zero-order chi connectivity index (χ0) is 13.1. The number of thioether (sulfide) groups is 2. The van der Waals surface area contributed by atoms with E-state index in [1.54, 1.807) is 0 Å². The largest absolute Gasteiger partial charge is 0.481 e. The molecular weight excluding hydrogens is 270 g/mol. The van der Waals surface area contributed by atoms with Gasteiger partial charge in [-0.15, -0.1) is 10.2 Å². The maximum Gasteiger partial charge on any atom is 0.313 e. The number of carbonyl (C=O) groups is 1. The Hall–Kier alpha value is -0.690. The van der Waals surface area contributed by atoms with Crippen molar-refractivity contribution in [1.82, 2.24) is 14.8 Å². The van der Waals surface area contributed by atoms with Crippen LogP contribution in [0.5, 0.6) is 0 Å². The number of nitrogens with zero attached hydrogens (tertiary/aromatic N) is 3. The van der Waals surface area contributed by atoms with Crippen LogP contribution in [0.3, 0.4) is 0 Å². The summed E-state index contributed by atoms with van der Waals surface area (Å²) < 4.78 is 2.09. The van der Waals surface area contributed by atoms with Crippen LogP contribution in [0, 0.1) is 0 Å². The fourth-order valence-electron chi connectivity index (χ4n) is 2.01. The highest BCUT2D eigenvalue weighted by Gasteiger charge is 2.26. The first-order valence-corrected chi connectivity index (χ1v) is 8.10. The van der Waals surface area contributed by atoms with Crippen LogP contribution in [-0.2, 0) is 4.79 Å². The molecule has 1 atom stereocenters. The summed E-state index contributed by atoms with van der Waals surface area (Å²) in [6, 6.07) is 0.261. The van der Waals surface area contributed by atoms with Gasteiger partial charge in [-0.3, -0.25) is 4.79 Å². The Morgan fingerprint density at radius 2 is 2.39 bits per heavy atom. The van der Waals surface area contributed by atoms with Crippen molar-refractivity contribution in [3.05, 3.63) is 5.82 Å². The highest BCUT2D eigenvalue weighted by Crippen LogP contribution is 2.34. The number of rotatable bonds is 5. The molecule has 1 aliphatic rings. The van der Waals surface area contributed by atoms with E-state index in [1.807, 2.05) is 11.8 Å². The van der Waals surface area contributed by atoms with Crippen LogP contribution in [0.25, 0.3) is 0 Å². The molecule has 1 aromatic heterocycles. The summed E-state index contributed by atoms with van der Waals surface area (Å²) in [6.45, 7) is 4.17. The highest BCUT2D eigenvalue weighted by atomic mass is 32.2. The van der Waals surface area contributed by atoms with Crippen molar-refractivity contribution in [1.29, 1.82) is 0 Å². The average Bonchev–Trinajstić information content (AvgIpc) is 2.94. The van der Waals surface area contributed by atoms with Gasteiger partial charge in [-0.2, -0.15) is 11.8 Å². The van der Waals surface area contributed by atoms with E-state index < -0.39 is 5.97 Å². The topological polar surface area (TPSA) is 68.0 Å². The summed E-state index contributed by atoms with van der Waals surface area (Å²) in [5, 5.41) is 17.9. The van der Waals surface area contributed by atoms with Crippen LogP contribution in [0.2, 0.25) is 0 Å². The van der Waals surface area contributed by atoms with Gasteiger partial charge < -0.3 is 9.67 Å². The van der Waals surface area contributed by atoms with Gasteiger partial charge in [0.1, 0.15) is 5.82 Å². The minimum Gasteiger partial charge on any atom is -0.481 e. The molecule has 5 nitrogen and oxygen atoms in total. The first-order valence-electron chi connectivity index (χ1n) is 5.96. The third-order valence-electron chi connectivity index (χ3n) is 2.83. The Morgan fingerprint density at radius 3 is 2.94 bits per heavy atom. The molecule has 0 spiro atoms. The van der Waals surface area contributed by atoms with E-state index in [-0.39, 0.29) is 11.8 Å². The molecule has 2 heterocycles. The van der Waals surface area contributed by atoms with Crippen molar-refractivity contribution in [2.75, 3.05) is 17.3 Å². The van der Waals surface area contributed by atoms with Crippen LogP contribution >= 0.6 is 23.5 Å². The van der Waals surface area contributed by atoms with Crippen LogP contribution in [0.15, 0.2) is 5.16 Å². The van der Waals surface area contributed by atoms with Crippen molar-refractivity contribution in [2.24, 2.45) is 0 Å². The number of aliphatic carboxylic acids is 1. The highest BCUT2D eigenvalue weighted by molar-refractivity contribution is 7.99. The zero-order valence-electron chi connectivity index (χ0n) is 10.5.